The summed E-state index contributed by atoms with van der Waals surface area (Å²) in [7, 11) is 0. The Hall–Kier alpha value is -0.410. The van der Waals surface area contributed by atoms with Crippen LogP contribution in [0.4, 0.5) is 4.39 Å². The zero-order chi connectivity index (χ0) is 10.6. The summed E-state index contributed by atoms with van der Waals surface area (Å²) in [6.45, 7) is 2.86. The molecule has 1 rings (SSSR count). The van der Waals surface area contributed by atoms with Crippen LogP contribution in [0.2, 0.25) is 0 Å². The van der Waals surface area contributed by atoms with Crippen LogP contribution in [-0.4, -0.2) is 6.54 Å². The second kappa shape index (κ2) is 5.47. The summed E-state index contributed by atoms with van der Waals surface area (Å²) < 4.78 is 13.6. The summed E-state index contributed by atoms with van der Waals surface area (Å²) in [4.78, 5) is 0. The SMILES string of the molecule is CC(CCN)Cc1ccc(F)cc1Br. The van der Waals surface area contributed by atoms with Gasteiger partial charge in [-0.05, 0) is 43.0 Å². The average molecular weight is 260 g/mol. The van der Waals surface area contributed by atoms with Gasteiger partial charge in [-0.3, -0.25) is 0 Å². The zero-order valence-electron chi connectivity index (χ0n) is 8.26. The van der Waals surface area contributed by atoms with E-state index in [1.807, 2.05) is 6.07 Å². The maximum atomic E-state index is 12.8. The van der Waals surface area contributed by atoms with E-state index in [-0.39, 0.29) is 5.82 Å². The minimum atomic E-state index is -0.202. The third-order valence-corrected chi connectivity index (χ3v) is 2.98. The number of hydrogen-bond donors (Lipinski definition) is 1. The van der Waals surface area contributed by atoms with E-state index in [9.17, 15) is 4.39 Å². The zero-order valence-corrected chi connectivity index (χ0v) is 9.85. The van der Waals surface area contributed by atoms with E-state index in [0.717, 1.165) is 22.9 Å². The van der Waals surface area contributed by atoms with Crippen molar-refractivity contribution in [3.63, 3.8) is 0 Å². The molecule has 0 aliphatic carbocycles. The number of benzene rings is 1. The van der Waals surface area contributed by atoms with Gasteiger partial charge in [-0.25, -0.2) is 4.39 Å². The molecule has 1 atom stereocenters. The van der Waals surface area contributed by atoms with Gasteiger partial charge < -0.3 is 5.73 Å². The molecule has 1 aromatic carbocycles. The lowest BCUT2D eigenvalue weighted by atomic mass is 9.98. The van der Waals surface area contributed by atoms with Gasteiger partial charge in [-0.1, -0.05) is 28.9 Å². The van der Waals surface area contributed by atoms with Crippen LogP contribution in [0.15, 0.2) is 22.7 Å². The first-order valence-corrected chi connectivity index (χ1v) is 5.56. The molecule has 1 aromatic rings. The van der Waals surface area contributed by atoms with Crippen molar-refractivity contribution in [2.45, 2.75) is 19.8 Å². The maximum Gasteiger partial charge on any atom is 0.124 e. The largest absolute Gasteiger partial charge is 0.330 e. The minimum Gasteiger partial charge on any atom is -0.330 e. The summed E-state index contributed by atoms with van der Waals surface area (Å²) in [6.07, 6.45) is 1.95. The molecule has 0 bridgehead atoms. The fraction of sp³-hybridized carbons (Fsp3) is 0.455. The lowest BCUT2D eigenvalue weighted by molar-refractivity contribution is 0.536. The van der Waals surface area contributed by atoms with Crippen LogP contribution in [0.3, 0.4) is 0 Å². The smallest absolute Gasteiger partial charge is 0.124 e. The van der Waals surface area contributed by atoms with Gasteiger partial charge in [-0.2, -0.15) is 0 Å². The Balaban J connectivity index is 2.67. The Kier molecular flexibility index (Phi) is 4.55. The number of hydrogen-bond acceptors (Lipinski definition) is 1. The Morgan fingerprint density at radius 1 is 1.50 bits per heavy atom. The van der Waals surface area contributed by atoms with E-state index >= 15 is 0 Å². The molecule has 1 nitrogen and oxygen atoms in total. The molecule has 0 aliphatic rings. The fourth-order valence-corrected chi connectivity index (χ4v) is 1.96. The molecule has 14 heavy (non-hydrogen) atoms. The summed E-state index contributed by atoms with van der Waals surface area (Å²) >= 11 is 3.36. The van der Waals surface area contributed by atoms with Crippen LogP contribution in [0.25, 0.3) is 0 Å². The van der Waals surface area contributed by atoms with Crippen molar-refractivity contribution < 1.29 is 4.39 Å². The number of nitrogens with two attached hydrogens (primary N) is 1. The number of rotatable bonds is 4. The molecule has 0 fully saturated rings. The van der Waals surface area contributed by atoms with Gasteiger partial charge >= 0.3 is 0 Å². The van der Waals surface area contributed by atoms with Crippen LogP contribution >= 0.6 is 15.9 Å². The first-order valence-electron chi connectivity index (χ1n) is 4.77. The molecule has 2 N–H and O–H groups in total. The first kappa shape index (κ1) is 11.7. The lowest BCUT2D eigenvalue weighted by Crippen LogP contribution is -2.08. The number of halogens is 2. The van der Waals surface area contributed by atoms with Crippen LogP contribution in [0, 0.1) is 11.7 Å². The monoisotopic (exact) mass is 259 g/mol. The highest BCUT2D eigenvalue weighted by atomic mass is 79.9. The standard InChI is InChI=1S/C11H15BrFN/c1-8(4-5-14)6-9-2-3-10(13)7-11(9)12/h2-3,7-8H,4-6,14H2,1H3. The van der Waals surface area contributed by atoms with E-state index in [1.165, 1.54) is 12.1 Å². The topological polar surface area (TPSA) is 26.0 Å². The third-order valence-electron chi connectivity index (χ3n) is 2.24. The van der Waals surface area contributed by atoms with E-state index in [2.05, 4.69) is 22.9 Å². The highest BCUT2D eigenvalue weighted by Crippen LogP contribution is 2.21. The van der Waals surface area contributed by atoms with Crippen molar-refractivity contribution in [3.05, 3.63) is 34.1 Å². The molecular formula is C11H15BrFN. The highest BCUT2D eigenvalue weighted by molar-refractivity contribution is 9.10. The second-order valence-electron chi connectivity index (χ2n) is 3.62. The predicted octanol–water partition coefficient (Wildman–Crippen LogP) is 3.12. The van der Waals surface area contributed by atoms with Gasteiger partial charge in [0.05, 0.1) is 0 Å². The summed E-state index contributed by atoms with van der Waals surface area (Å²) in [6, 6.07) is 4.83. The van der Waals surface area contributed by atoms with E-state index < -0.39 is 0 Å². The minimum absolute atomic E-state index is 0.202. The van der Waals surface area contributed by atoms with Crippen LogP contribution in [0.5, 0.6) is 0 Å². The molecule has 0 heterocycles. The van der Waals surface area contributed by atoms with Gasteiger partial charge in [0, 0.05) is 4.47 Å². The van der Waals surface area contributed by atoms with Crippen molar-refractivity contribution in [1.29, 1.82) is 0 Å². The molecule has 0 saturated heterocycles. The fourth-order valence-electron chi connectivity index (χ4n) is 1.45. The van der Waals surface area contributed by atoms with Crippen molar-refractivity contribution in [3.8, 4) is 0 Å². The average Bonchev–Trinajstić information content (AvgIpc) is 2.10. The van der Waals surface area contributed by atoms with Crippen molar-refractivity contribution in [1.82, 2.24) is 0 Å². The summed E-state index contributed by atoms with van der Waals surface area (Å²) in [5, 5.41) is 0. The van der Waals surface area contributed by atoms with Crippen LogP contribution in [0.1, 0.15) is 18.9 Å². The molecular weight excluding hydrogens is 245 g/mol. The Morgan fingerprint density at radius 3 is 2.79 bits per heavy atom. The van der Waals surface area contributed by atoms with Crippen molar-refractivity contribution in [2.24, 2.45) is 11.7 Å². The molecule has 0 aliphatic heterocycles. The summed E-state index contributed by atoms with van der Waals surface area (Å²) in [5.74, 6) is 0.342. The van der Waals surface area contributed by atoms with Crippen molar-refractivity contribution >= 4 is 15.9 Å². The molecule has 0 amide bonds. The molecule has 0 aromatic heterocycles. The Bertz CT molecular complexity index is 301. The van der Waals surface area contributed by atoms with Gasteiger partial charge in [0.15, 0.2) is 0 Å². The molecule has 78 valence electrons. The molecule has 0 spiro atoms. The Labute approximate surface area is 92.6 Å². The van der Waals surface area contributed by atoms with E-state index in [1.54, 1.807) is 0 Å². The van der Waals surface area contributed by atoms with Gasteiger partial charge in [0.25, 0.3) is 0 Å². The molecule has 3 heteroatoms. The van der Waals surface area contributed by atoms with Crippen LogP contribution < -0.4 is 5.73 Å². The lowest BCUT2D eigenvalue weighted by Gasteiger charge is -2.11. The molecule has 1 unspecified atom stereocenters. The van der Waals surface area contributed by atoms with Crippen LogP contribution in [-0.2, 0) is 6.42 Å². The van der Waals surface area contributed by atoms with E-state index in [4.69, 9.17) is 5.73 Å². The first-order chi connectivity index (χ1) is 6.63. The van der Waals surface area contributed by atoms with E-state index in [0.29, 0.717) is 12.5 Å². The molecule has 0 radical (unpaired) electrons. The normalized spacial score (nSPS) is 12.9. The maximum absolute atomic E-state index is 12.8. The quantitative estimate of drug-likeness (QED) is 0.884. The third kappa shape index (κ3) is 3.39. The molecule has 0 saturated carbocycles. The predicted molar refractivity (Wildman–Crippen MR) is 60.6 cm³/mol. The van der Waals surface area contributed by atoms with Crippen molar-refractivity contribution in [2.75, 3.05) is 6.54 Å². The highest BCUT2D eigenvalue weighted by Gasteiger charge is 2.06. The second-order valence-corrected chi connectivity index (χ2v) is 4.48. The Morgan fingerprint density at radius 2 is 2.21 bits per heavy atom. The van der Waals surface area contributed by atoms with Gasteiger partial charge in [0.2, 0.25) is 0 Å². The van der Waals surface area contributed by atoms with Gasteiger partial charge in [0.1, 0.15) is 5.82 Å². The summed E-state index contributed by atoms with van der Waals surface area (Å²) in [5.41, 5.74) is 6.62. The van der Waals surface area contributed by atoms with Gasteiger partial charge in [-0.15, -0.1) is 0 Å².